The van der Waals surface area contributed by atoms with Gasteiger partial charge in [-0.05, 0) is 45.1 Å². The van der Waals surface area contributed by atoms with Gasteiger partial charge in [-0.15, -0.1) is 0 Å². The minimum atomic E-state index is 0.313. The predicted molar refractivity (Wildman–Crippen MR) is 83.5 cm³/mol. The van der Waals surface area contributed by atoms with Gasteiger partial charge in [-0.2, -0.15) is 0 Å². The van der Waals surface area contributed by atoms with E-state index in [0.717, 1.165) is 6.54 Å². The van der Waals surface area contributed by atoms with Crippen LogP contribution < -0.4 is 5.32 Å². The van der Waals surface area contributed by atoms with E-state index >= 15 is 0 Å². The molecular formula is C17H34N2. The molecule has 1 saturated heterocycles. The Morgan fingerprint density at radius 3 is 2.26 bits per heavy atom. The summed E-state index contributed by atoms with van der Waals surface area (Å²) in [5.74, 6) is 0. The smallest absolute Gasteiger partial charge is 0.0309 e. The maximum Gasteiger partial charge on any atom is 0.0309 e. The maximum absolute atomic E-state index is 3.91. The summed E-state index contributed by atoms with van der Waals surface area (Å²) >= 11 is 0. The van der Waals surface area contributed by atoms with Crippen LogP contribution in [0.15, 0.2) is 0 Å². The fourth-order valence-electron chi connectivity index (χ4n) is 3.57. The molecule has 0 bridgehead atoms. The van der Waals surface area contributed by atoms with Crippen LogP contribution in [0.3, 0.4) is 0 Å². The Morgan fingerprint density at radius 1 is 1.05 bits per heavy atom. The van der Waals surface area contributed by atoms with Crippen LogP contribution in [0.1, 0.15) is 73.1 Å². The van der Waals surface area contributed by atoms with Gasteiger partial charge >= 0.3 is 0 Å². The molecular weight excluding hydrogens is 232 g/mol. The Bertz CT molecular complexity index is 295. The predicted octanol–water partition coefficient (Wildman–Crippen LogP) is 3.81. The summed E-state index contributed by atoms with van der Waals surface area (Å²) in [6, 6.07) is 0. The fourth-order valence-corrected chi connectivity index (χ4v) is 3.57. The molecule has 1 aliphatic carbocycles. The Labute approximate surface area is 120 Å². The molecule has 2 heteroatoms. The standard InChI is InChI=1S/C17H34N2/c1-15(2,3)11-12-19-14-17(9-7-6-8-10-17)18-13-16(19,4)5/h18H,6-14H2,1-5H3. The van der Waals surface area contributed by atoms with Crippen molar-refractivity contribution in [2.75, 3.05) is 19.6 Å². The Balaban J connectivity index is 2.00. The molecule has 2 fully saturated rings. The van der Waals surface area contributed by atoms with Crippen LogP contribution in [0.4, 0.5) is 0 Å². The molecule has 0 atom stereocenters. The zero-order valence-corrected chi connectivity index (χ0v) is 13.8. The highest BCUT2D eigenvalue weighted by Crippen LogP contribution is 2.35. The van der Waals surface area contributed by atoms with E-state index in [-0.39, 0.29) is 0 Å². The number of nitrogens with one attached hydrogen (secondary N) is 1. The van der Waals surface area contributed by atoms with Crippen molar-refractivity contribution in [1.82, 2.24) is 10.2 Å². The second-order valence-electron chi connectivity index (χ2n) is 8.74. The lowest BCUT2D eigenvalue weighted by atomic mass is 9.77. The van der Waals surface area contributed by atoms with Crippen molar-refractivity contribution in [3.05, 3.63) is 0 Å². The molecule has 2 aliphatic rings. The Morgan fingerprint density at radius 2 is 1.68 bits per heavy atom. The van der Waals surface area contributed by atoms with Gasteiger partial charge in [0.05, 0.1) is 0 Å². The summed E-state index contributed by atoms with van der Waals surface area (Å²) in [6.45, 7) is 15.5. The van der Waals surface area contributed by atoms with Crippen molar-refractivity contribution in [3.63, 3.8) is 0 Å². The quantitative estimate of drug-likeness (QED) is 0.817. The molecule has 2 nitrogen and oxygen atoms in total. The summed E-state index contributed by atoms with van der Waals surface area (Å²) in [4.78, 5) is 2.76. The van der Waals surface area contributed by atoms with E-state index in [4.69, 9.17) is 0 Å². The van der Waals surface area contributed by atoms with Gasteiger partial charge in [0.15, 0.2) is 0 Å². The van der Waals surface area contributed by atoms with Crippen LogP contribution in [0, 0.1) is 5.41 Å². The average molecular weight is 266 g/mol. The molecule has 1 aliphatic heterocycles. The lowest BCUT2D eigenvalue weighted by Crippen LogP contribution is -2.68. The molecule has 19 heavy (non-hydrogen) atoms. The molecule has 0 aromatic rings. The SMILES string of the molecule is CC(C)(C)CCN1CC2(CCCCC2)NCC1(C)C. The summed E-state index contributed by atoms with van der Waals surface area (Å²) in [5, 5.41) is 3.91. The minimum absolute atomic E-state index is 0.313. The van der Waals surface area contributed by atoms with Gasteiger partial charge in [-0.25, -0.2) is 0 Å². The normalized spacial score (nSPS) is 27.6. The highest BCUT2D eigenvalue weighted by atomic mass is 15.3. The molecule has 0 aromatic carbocycles. The van der Waals surface area contributed by atoms with Gasteiger partial charge in [0.25, 0.3) is 0 Å². The second kappa shape index (κ2) is 5.37. The summed E-state index contributed by atoms with van der Waals surface area (Å²) in [5.41, 5.74) is 1.19. The van der Waals surface area contributed by atoms with Crippen molar-refractivity contribution in [3.8, 4) is 0 Å². The third-order valence-electron chi connectivity index (χ3n) is 5.19. The molecule has 1 saturated carbocycles. The van der Waals surface area contributed by atoms with Crippen LogP contribution in [0.2, 0.25) is 0 Å². The molecule has 1 N–H and O–H groups in total. The number of hydrogen-bond acceptors (Lipinski definition) is 2. The highest BCUT2D eigenvalue weighted by Gasteiger charge is 2.43. The number of piperazine rings is 1. The molecule has 1 heterocycles. The van der Waals surface area contributed by atoms with Crippen molar-refractivity contribution in [1.29, 1.82) is 0 Å². The molecule has 112 valence electrons. The van der Waals surface area contributed by atoms with E-state index in [1.165, 1.54) is 51.6 Å². The van der Waals surface area contributed by atoms with Crippen molar-refractivity contribution < 1.29 is 0 Å². The second-order valence-corrected chi connectivity index (χ2v) is 8.74. The summed E-state index contributed by atoms with van der Waals surface area (Å²) < 4.78 is 0. The number of nitrogens with zero attached hydrogens (tertiary/aromatic N) is 1. The van der Waals surface area contributed by atoms with E-state index in [9.17, 15) is 0 Å². The van der Waals surface area contributed by atoms with Crippen LogP contribution >= 0.6 is 0 Å². The maximum atomic E-state index is 3.91. The number of hydrogen-bond donors (Lipinski definition) is 1. The van der Waals surface area contributed by atoms with Crippen LogP contribution in [-0.2, 0) is 0 Å². The van der Waals surface area contributed by atoms with E-state index in [1.807, 2.05) is 0 Å². The molecule has 0 amide bonds. The fraction of sp³-hybridized carbons (Fsp3) is 1.00. The van der Waals surface area contributed by atoms with E-state index in [0.29, 0.717) is 16.5 Å². The van der Waals surface area contributed by atoms with Crippen molar-refractivity contribution in [2.45, 2.75) is 84.2 Å². The number of rotatable bonds is 2. The topological polar surface area (TPSA) is 15.3 Å². The largest absolute Gasteiger partial charge is 0.308 e. The van der Waals surface area contributed by atoms with Crippen molar-refractivity contribution >= 4 is 0 Å². The van der Waals surface area contributed by atoms with Gasteiger partial charge in [0, 0.05) is 24.2 Å². The first-order valence-corrected chi connectivity index (χ1v) is 8.23. The average Bonchev–Trinajstić information content (AvgIpc) is 2.31. The first-order chi connectivity index (χ1) is 8.73. The van der Waals surface area contributed by atoms with Crippen molar-refractivity contribution in [2.24, 2.45) is 5.41 Å². The summed E-state index contributed by atoms with van der Waals surface area (Å²) in [7, 11) is 0. The Hall–Kier alpha value is -0.0800. The zero-order valence-electron chi connectivity index (χ0n) is 13.8. The van der Waals surface area contributed by atoms with Gasteiger partial charge in [-0.1, -0.05) is 40.0 Å². The molecule has 0 radical (unpaired) electrons. The third-order valence-corrected chi connectivity index (χ3v) is 5.19. The first-order valence-electron chi connectivity index (χ1n) is 8.23. The molecule has 0 unspecified atom stereocenters. The third kappa shape index (κ3) is 3.95. The van der Waals surface area contributed by atoms with Gasteiger partial charge < -0.3 is 5.32 Å². The zero-order chi connectivity index (χ0) is 14.1. The first kappa shape index (κ1) is 15.3. The summed E-state index contributed by atoms with van der Waals surface area (Å²) in [6.07, 6.45) is 8.34. The highest BCUT2D eigenvalue weighted by molar-refractivity contribution is 5.03. The van der Waals surface area contributed by atoms with E-state index < -0.39 is 0 Å². The molecule has 2 rings (SSSR count). The lowest BCUT2D eigenvalue weighted by molar-refractivity contribution is 0.00470. The van der Waals surface area contributed by atoms with E-state index in [2.05, 4.69) is 44.8 Å². The minimum Gasteiger partial charge on any atom is -0.308 e. The van der Waals surface area contributed by atoms with Crippen LogP contribution in [0.5, 0.6) is 0 Å². The molecule has 0 aromatic heterocycles. The van der Waals surface area contributed by atoms with Gasteiger partial charge in [-0.3, -0.25) is 4.90 Å². The Kier molecular flexibility index (Phi) is 4.32. The lowest BCUT2D eigenvalue weighted by Gasteiger charge is -2.54. The monoisotopic (exact) mass is 266 g/mol. The van der Waals surface area contributed by atoms with Gasteiger partial charge in [0.2, 0.25) is 0 Å². The van der Waals surface area contributed by atoms with Crippen LogP contribution in [0.25, 0.3) is 0 Å². The molecule has 1 spiro atoms. The van der Waals surface area contributed by atoms with Crippen LogP contribution in [-0.4, -0.2) is 35.6 Å². The van der Waals surface area contributed by atoms with Gasteiger partial charge in [0.1, 0.15) is 0 Å². The van der Waals surface area contributed by atoms with E-state index in [1.54, 1.807) is 0 Å².